The van der Waals surface area contributed by atoms with E-state index in [1.54, 1.807) is 11.6 Å². The Hall–Kier alpha value is -3.84. The Morgan fingerprint density at radius 1 is 0.900 bits per heavy atom. The second kappa shape index (κ2) is 20.1. The molecule has 5 N–H and O–H groups in total. The summed E-state index contributed by atoms with van der Waals surface area (Å²) < 4.78 is 20.7. The summed E-state index contributed by atoms with van der Waals surface area (Å²) in [7, 11) is 1.73. The summed E-state index contributed by atoms with van der Waals surface area (Å²) in [6.07, 6.45) is 9.00. The van der Waals surface area contributed by atoms with E-state index in [-0.39, 0.29) is 42.5 Å². The van der Waals surface area contributed by atoms with Crippen molar-refractivity contribution in [3.05, 3.63) is 69.6 Å². The van der Waals surface area contributed by atoms with Crippen LogP contribution in [0.15, 0.2) is 47.3 Å². The maximum atomic E-state index is 13.1. The number of carbonyl (C=O) groups excluding carboxylic acids is 3. The van der Waals surface area contributed by atoms with Crippen molar-refractivity contribution in [3.8, 4) is 0 Å². The highest BCUT2D eigenvalue weighted by molar-refractivity contribution is 6.00. The Balaban J connectivity index is 1.01. The first-order chi connectivity index (χ1) is 24.2. The molecule has 1 saturated heterocycles. The van der Waals surface area contributed by atoms with Gasteiger partial charge in [-0.25, -0.2) is 4.79 Å². The fraction of sp³-hybridized carbons (Fsp3) is 0.579. The third-order valence-corrected chi connectivity index (χ3v) is 9.39. The van der Waals surface area contributed by atoms with Crippen LogP contribution in [0.25, 0.3) is 11.0 Å². The molecule has 1 aromatic heterocycles. The number of imidazole rings is 1. The van der Waals surface area contributed by atoms with Crippen molar-refractivity contribution in [2.75, 3.05) is 26.4 Å². The van der Waals surface area contributed by atoms with E-state index in [4.69, 9.17) is 25.7 Å². The van der Waals surface area contributed by atoms with Crippen LogP contribution in [0.5, 0.6) is 0 Å². The van der Waals surface area contributed by atoms with Crippen LogP contribution in [0.2, 0.25) is 0 Å². The number of aryl methyl sites for hydroxylation is 3. The zero-order valence-electron chi connectivity index (χ0n) is 29.7. The Bertz CT molecular complexity index is 1600. The fourth-order valence-electron chi connectivity index (χ4n) is 6.36. The maximum absolute atomic E-state index is 13.1. The average Bonchev–Trinajstić information content (AvgIpc) is 3.36. The van der Waals surface area contributed by atoms with Gasteiger partial charge in [-0.1, -0.05) is 49.2 Å². The first-order valence-electron chi connectivity index (χ1n) is 18.1. The van der Waals surface area contributed by atoms with Crippen LogP contribution in [0.3, 0.4) is 0 Å². The third kappa shape index (κ3) is 11.6. The molecule has 3 atom stereocenters. The zero-order valence-corrected chi connectivity index (χ0v) is 29.7. The number of nitrogens with two attached hydrogens (primary N) is 2. The summed E-state index contributed by atoms with van der Waals surface area (Å²) >= 11 is 0. The van der Waals surface area contributed by atoms with Gasteiger partial charge in [0, 0.05) is 52.4 Å². The molecule has 12 nitrogen and oxygen atoms in total. The van der Waals surface area contributed by atoms with Crippen LogP contribution >= 0.6 is 0 Å². The number of carbonyl (C=O) groups is 3. The summed E-state index contributed by atoms with van der Waals surface area (Å²) in [4.78, 5) is 48.1. The largest absolute Gasteiger partial charge is 0.381 e. The molecule has 0 aliphatic carbocycles. The molecule has 50 heavy (non-hydrogen) atoms. The average molecular weight is 694 g/mol. The zero-order chi connectivity index (χ0) is 35.9. The van der Waals surface area contributed by atoms with Gasteiger partial charge in [-0.05, 0) is 81.0 Å². The molecule has 1 unspecified atom stereocenters. The molecule has 3 amide bonds. The molecule has 1 aliphatic rings. The third-order valence-electron chi connectivity index (χ3n) is 9.39. The van der Waals surface area contributed by atoms with Gasteiger partial charge in [-0.15, -0.1) is 0 Å². The highest BCUT2D eigenvalue weighted by Crippen LogP contribution is 2.25. The number of imide groups is 1. The molecule has 1 aliphatic heterocycles. The topological polar surface area (TPSA) is 170 Å². The first-order valence-corrected chi connectivity index (χ1v) is 18.1. The number of benzene rings is 2. The summed E-state index contributed by atoms with van der Waals surface area (Å²) in [5, 5.41) is 2.36. The SMILES string of the molecule is C[C@@H](OCc1ccc(CCCOCCCCCCOCCCc2cccc3c2n(C)c(=O)n3C2CCC(=O)NC2=O)cc1)[C@@H](N)CCC(N)=O. The molecular weight excluding hydrogens is 638 g/mol. The lowest BCUT2D eigenvalue weighted by atomic mass is 10.0. The number of primary amides is 1. The first kappa shape index (κ1) is 39.0. The molecule has 0 spiro atoms. The lowest BCUT2D eigenvalue weighted by Crippen LogP contribution is -2.44. The molecule has 4 rings (SSSR count). The number of unbranched alkanes of at least 4 members (excludes halogenated alkanes) is 3. The minimum atomic E-state index is -0.680. The summed E-state index contributed by atoms with van der Waals surface area (Å²) in [6, 6.07) is 13.3. The lowest BCUT2D eigenvalue weighted by molar-refractivity contribution is -0.135. The van der Waals surface area contributed by atoms with Gasteiger partial charge in [-0.2, -0.15) is 0 Å². The van der Waals surface area contributed by atoms with E-state index in [0.29, 0.717) is 26.1 Å². The van der Waals surface area contributed by atoms with Crippen molar-refractivity contribution in [2.45, 2.75) is 109 Å². The van der Waals surface area contributed by atoms with Gasteiger partial charge in [0.1, 0.15) is 6.04 Å². The number of rotatable bonds is 23. The van der Waals surface area contributed by atoms with Crippen molar-refractivity contribution < 1.29 is 28.6 Å². The molecule has 274 valence electrons. The predicted octanol–water partition coefficient (Wildman–Crippen LogP) is 3.97. The van der Waals surface area contributed by atoms with Gasteiger partial charge in [0.25, 0.3) is 0 Å². The number of para-hydroxylation sites is 1. The molecule has 1 fully saturated rings. The number of ether oxygens (including phenoxy) is 3. The van der Waals surface area contributed by atoms with E-state index in [1.165, 1.54) is 10.1 Å². The highest BCUT2D eigenvalue weighted by atomic mass is 16.5. The number of hydrogen-bond acceptors (Lipinski definition) is 8. The number of nitrogens with zero attached hydrogens (tertiary/aromatic N) is 2. The van der Waals surface area contributed by atoms with Crippen molar-refractivity contribution in [1.82, 2.24) is 14.5 Å². The number of fused-ring (bicyclic) bond motifs is 1. The number of nitrogens with one attached hydrogen (secondary N) is 1. The van der Waals surface area contributed by atoms with Crippen molar-refractivity contribution in [2.24, 2.45) is 18.5 Å². The van der Waals surface area contributed by atoms with E-state index >= 15 is 0 Å². The monoisotopic (exact) mass is 693 g/mol. The maximum Gasteiger partial charge on any atom is 0.329 e. The Kier molecular flexibility index (Phi) is 15.7. The van der Waals surface area contributed by atoms with E-state index in [0.717, 1.165) is 93.3 Å². The standard InChI is InChI=1S/C38H55N5O7/c1-27(31(39)18-20-34(40)44)50-26-29-16-14-28(15-17-29)10-8-24-48-22-5-3-4-6-23-49-25-9-12-30-11-7-13-32-36(30)42(2)38(47)43(32)33-19-21-35(45)41-37(33)46/h7,11,13-17,27,31,33H,3-6,8-10,12,18-26,39H2,1-2H3,(H2,40,44)(H,41,45,46)/t27-,31+,33?/m1/s1. The summed E-state index contributed by atoms with van der Waals surface area (Å²) in [5.41, 5.74) is 16.0. The van der Waals surface area contributed by atoms with E-state index < -0.39 is 11.9 Å². The van der Waals surface area contributed by atoms with Crippen LogP contribution in [0.4, 0.5) is 0 Å². The predicted molar refractivity (Wildman–Crippen MR) is 192 cm³/mol. The normalized spacial score (nSPS) is 16.1. The molecule has 0 bridgehead atoms. The van der Waals surface area contributed by atoms with E-state index in [2.05, 4.69) is 29.6 Å². The second-order valence-corrected chi connectivity index (χ2v) is 13.3. The van der Waals surface area contributed by atoms with Crippen molar-refractivity contribution in [3.63, 3.8) is 0 Å². The number of piperidine rings is 1. The molecule has 0 radical (unpaired) electrons. The molecule has 0 saturated carbocycles. The highest BCUT2D eigenvalue weighted by Gasteiger charge is 2.31. The number of amides is 3. The number of hydrogen-bond donors (Lipinski definition) is 3. The van der Waals surface area contributed by atoms with Gasteiger partial charge in [0.2, 0.25) is 17.7 Å². The van der Waals surface area contributed by atoms with E-state index in [1.807, 2.05) is 25.1 Å². The summed E-state index contributed by atoms with van der Waals surface area (Å²) in [5.74, 6) is -1.06. The van der Waals surface area contributed by atoms with Crippen LogP contribution in [-0.4, -0.2) is 65.4 Å². The molecular formula is C38H55N5O7. The lowest BCUT2D eigenvalue weighted by Gasteiger charge is -2.21. The fourth-order valence-corrected chi connectivity index (χ4v) is 6.36. The van der Waals surface area contributed by atoms with Crippen LogP contribution in [-0.2, 0) is 55.1 Å². The van der Waals surface area contributed by atoms with Gasteiger partial charge >= 0.3 is 5.69 Å². The van der Waals surface area contributed by atoms with Gasteiger partial charge in [-0.3, -0.25) is 28.8 Å². The van der Waals surface area contributed by atoms with Gasteiger partial charge in [0.15, 0.2) is 0 Å². The smallest absolute Gasteiger partial charge is 0.329 e. The number of aromatic nitrogens is 2. The Morgan fingerprint density at radius 2 is 1.54 bits per heavy atom. The summed E-state index contributed by atoms with van der Waals surface area (Å²) in [6.45, 7) is 5.29. The van der Waals surface area contributed by atoms with Gasteiger partial charge in [0.05, 0.1) is 23.7 Å². The molecule has 2 heterocycles. The Morgan fingerprint density at radius 3 is 2.20 bits per heavy atom. The second-order valence-electron chi connectivity index (χ2n) is 13.3. The quantitative estimate of drug-likeness (QED) is 0.0990. The molecule has 12 heteroatoms. The van der Waals surface area contributed by atoms with Gasteiger partial charge < -0.3 is 25.7 Å². The van der Waals surface area contributed by atoms with Crippen LogP contribution in [0.1, 0.15) is 93.9 Å². The molecule has 2 aromatic carbocycles. The van der Waals surface area contributed by atoms with E-state index in [9.17, 15) is 19.2 Å². The van der Waals surface area contributed by atoms with Crippen LogP contribution < -0.4 is 22.5 Å². The Labute approximate surface area is 294 Å². The van der Waals surface area contributed by atoms with Crippen molar-refractivity contribution in [1.29, 1.82) is 0 Å². The molecule has 3 aromatic rings. The minimum absolute atomic E-state index is 0.153. The van der Waals surface area contributed by atoms with Crippen LogP contribution in [0, 0.1) is 0 Å². The van der Waals surface area contributed by atoms with Crippen molar-refractivity contribution >= 4 is 28.8 Å². The minimum Gasteiger partial charge on any atom is -0.381 e.